The lowest BCUT2D eigenvalue weighted by atomic mass is 9.82. The van der Waals surface area contributed by atoms with Crippen molar-refractivity contribution in [3.63, 3.8) is 0 Å². The van der Waals surface area contributed by atoms with Crippen molar-refractivity contribution in [2.75, 3.05) is 9.80 Å². The van der Waals surface area contributed by atoms with Gasteiger partial charge in [0.25, 0.3) is 0 Å². The van der Waals surface area contributed by atoms with Gasteiger partial charge in [-0.05, 0) is 174 Å². The van der Waals surface area contributed by atoms with Gasteiger partial charge in [-0.2, -0.15) is 0 Å². The van der Waals surface area contributed by atoms with E-state index in [1.807, 2.05) is 42.6 Å². The average Bonchev–Trinajstić information content (AvgIpc) is 1.63. The van der Waals surface area contributed by atoms with E-state index in [-0.39, 0.29) is 5.41 Å². The second-order valence-electron chi connectivity index (χ2n) is 28.9. The predicted octanol–water partition coefficient (Wildman–Crippen LogP) is 28.6. The molecule has 0 saturated carbocycles. The van der Waals surface area contributed by atoms with Crippen molar-refractivity contribution in [2.24, 2.45) is 4.99 Å². The summed E-state index contributed by atoms with van der Waals surface area (Å²) in [5, 5.41) is 13.7. The van der Waals surface area contributed by atoms with Gasteiger partial charge in [-0.25, -0.2) is 14.8 Å². The highest BCUT2D eigenvalue weighted by atomic mass is 16.3. The van der Waals surface area contributed by atoms with Crippen LogP contribution in [-0.2, 0) is 5.41 Å². The molecule has 3 aromatic heterocycles. The number of fused-ring (bicyclic) bond motifs is 17. The predicted molar refractivity (Wildman–Crippen MR) is 454 cm³/mol. The minimum atomic E-state index is -0.347. The van der Waals surface area contributed by atoms with Gasteiger partial charge >= 0.3 is 0 Å². The Morgan fingerprint density at radius 3 is 1.77 bits per heavy atom. The van der Waals surface area contributed by atoms with Gasteiger partial charge in [-0.15, -0.1) is 0 Å². The Morgan fingerprint density at radius 2 is 0.982 bits per heavy atom. The first-order valence-corrected chi connectivity index (χ1v) is 37.0. The maximum atomic E-state index is 8.88. The fraction of sp³-hybridized carbons (Fsp3) is 0.0294. The maximum Gasteiger partial charge on any atom is 0.198 e. The van der Waals surface area contributed by atoms with E-state index in [2.05, 4.69) is 344 Å². The SMILES string of the molecule is [C-]#[N+]c1cccc2oc3c(c(-c4ccccc4)cc4c(N(c5ccc6c(c5)C(C)(C)c5ccccc5-6)c5cc(-c6ccccc6)ccn5)cc5c(C(=Nc6ccccc6)c6ccccc6)cc6oc7cc(N(c8cccc9ccccc89)c8cc(-c9cccc%10ccccc9%10)cc9ccccc89)ccc7c6c5c43)c12. The van der Waals surface area contributed by atoms with Crippen LogP contribution in [-0.4, -0.2) is 10.7 Å². The Kier molecular flexibility index (Phi) is 14.5. The molecule has 1 aliphatic rings. The first-order valence-electron chi connectivity index (χ1n) is 37.0. The molecule has 510 valence electrons. The van der Waals surface area contributed by atoms with Crippen LogP contribution < -0.4 is 9.80 Å². The Morgan fingerprint density at radius 1 is 0.358 bits per heavy atom. The molecule has 3 heterocycles. The number of nitrogens with zero attached hydrogens (tertiary/aromatic N) is 5. The summed E-state index contributed by atoms with van der Waals surface area (Å²) < 4.78 is 15.4. The Hall–Kier alpha value is -14.5. The highest BCUT2D eigenvalue weighted by molar-refractivity contribution is 6.40. The number of furan rings is 2. The van der Waals surface area contributed by atoms with Crippen LogP contribution in [0.5, 0.6) is 0 Å². The quantitative estimate of drug-likeness (QED) is 0.0693. The van der Waals surface area contributed by atoms with Crippen molar-refractivity contribution >= 4 is 149 Å². The smallest absolute Gasteiger partial charge is 0.198 e. The molecule has 0 spiro atoms. The number of aromatic nitrogens is 1. The van der Waals surface area contributed by atoms with Gasteiger partial charge in [0.05, 0.1) is 35.0 Å². The van der Waals surface area contributed by atoms with Gasteiger partial charge in [0.1, 0.15) is 28.1 Å². The van der Waals surface area contributed by atoms with Crippen LogP contribution in [0.15, 0.2) is 372 Å². The average molecular weight is 1390 g/mol. The molecular formula is C102H65N5O2. The van der Waals surface area contributed by atoms with Crippen LogP contribution in [0.4, 0.5) is 45.6 Å². The Balaban J connectivity index is 0.929. The van der Waals surface area contributed by atoms with Crippen LogP contribution in [0.1, 0.15) is 36.1 Å². The summed E-state index contributed by atoms with van der Waals surface area (Å²) in [5.74, 6) is 0.716. The maximum absolute atomic E-state index is 8.88. The standard InChI is InChI=1S/C102H65N5O2/c1-102(2)85-45-23-22-43-78(85)79-51-49-72(58-86(79)102)107(94-57-68(53-54-104-94)63-27-8-4-9-28-63)90-61-82-83(100(67-33-12-6-13-34-67)105-71-38-14-7-15-39-71)62-93-95(96(82)98-84(90)60-81(66-29-10-5-11-30-66)97-99-87(103-3)46-26-48-91(99)109-101(97)98)80-52-50-73(59-92(80)108-93)106(88-47-25-37-65-32-17-20-41-76(65)88)89-56-70(55-69-35-18-21-42-77(69)89)75-44-24-36-64-31-16-19-40-74(64)75/h4-62H,1-2H3. The van der Waals surface area contributed by atoms with Gasteiger partial charge in [0, 0.05) is 88.7 Å². The van der Waals surface area contributed by atoms with E-state index in [1.165, 1.54) is 33.0 Å². The number of hydrogen-bond acceptors (Lipinski definition) is 6. The van der Waals surface area contributed by atoms with Crippen LogP contribution in [0, 0.1) is 6.57 Å². The van der Waals surface area contributed by atoms with Crippen LogP contribution in [0.2, 0.25) is 0 Å². The van der Waals surface area contributed by atoms with E-state index >= 15 is 0 Å². The second-order valence-corrected chi connectivity index (χ2v) is 28.9. The molecule has 7 heteroatoms. The number of hydrogen-bond donors (Lipinski definition) is 0. The van der Waals surface area contributed by atoms with Gasteiger partial charge in [-0.3, -0.25) is 4.90 Å². The molecule has 109 heavy (non-hydrogen) atoms. The zero-order valence-corrected chi connectivity index (χ0v) is 59.6. The van der Waals surface area contributed by atoms with Gasteiger partial charge in [0.15, 0.2) is 5.69 Å². The van der Waals surface area contributed by atoms with Crippen molar-refractivity contribution in [3.8, 4) is 44.5 Å². The topological polar surface area (TPSA) is 62.4 Å². The van der Waals surface area contributed by atoms with Crippen molar-refractivity contribution in [2.45, 2.75) is 19.3 Å². The highest BCUT2D eigenvalue weighted by Gasteiger charge is 2.37. The molecule has 7 nitrogen and oxygen atoms in total. The van der Waals surface area contributed by atoms with E-state index in [0.717, 1.165) is 149 Å². The molecule has 0 amide bonds. The largest absolute Gasteiger partial charge is 0.457 e. The zero-order valence-electron chi connectivity index (χ0n) is 59.6. The van der Waals surface area contributed by atoms with Crippen molar-refractivity contribution in [1.82, 2.24) is 4.98 Å². The fourth-order valence-corrected chi connectivity index (χ4v) is 17.5. The molecule has 0 aliphatic heterocycles. The lowest BCUT2D eigenvalue weighted by Crippen LogP contribution is -2.17. The first kappa shape index (κ1) is 63.1. The van der Waals surface area contributed by atoms with Gasteiger partial charge in [-0.1, -0.05) is 269 Å². The van der Waals surface area contributed by atoms with E-state index in [1.54, 1.807) is 0 Å². The molecule has 21 rings (SSSR count). The first-order chi connectivity index (χ1) is 53.8. The number of aliphatic imine (C=N–C) groups is 1. The molecule has 0 unspecified atom stereocenters. The van der Waals surface area contributed by atoms with Crippen molar-refractivity contribution in [1.29, 1.82) is 0 Å². The third-order valence-corrected chi connectivity index (χ3v) is 22.4. The lowest BCUT2D eigenvalue weighted by Gasteiger charge is -2.29. The molecule has 0 fully saturated rings. The third kappa shape index (κ3) is 10.2. The second kappa shape index (κ2) is 25.1. The summed E-state index contributed by atoms with van der Waals surface area (Å²) >= 11 is 0. The third-order valence-electron chi connectivity index (χ3n) is 22.4. The Bertz CT molecular complexity index is 7200. The summed E-state index contributed by atoms with van der Waals surface area (Å²) in [6.07, 6.45) is 1.94. The molecule has 17 aromatic carbocycles. The molecule has 0 bridgehead atoms. The van der Waals surface area contributed by atoms with E-state index in [9.17, 15) is 0 Å². The molecule has 0 atom stereocenters. The van der Waals surface area contributed by atoms with Crippen molar-refractivity contribution in [3.05, 3.63) is 392 Å². The number of benzene rings is 17. The number of anilines is 6. The lowest BCUT2D eigenvalue weighted by molar-refractivity contribution is 0.660. The summed E-state index contributed by atoms with van der Waals surface area (Å²) in [7, 11) is 0. The number of pyridine rings is 1. The van der Waals surface area contributed by atoms with Crippen molar-refractivity contribution < 1.29 is 8.83 Å². The molecule has 0 radical (unpaired) electrons. The van der Waals surface area contributed by atoms with Crippen LogP contribution >= 0.6 is 0 Å². The summed E-state index contributed by atoms with van der Waals surface area (Å²) in [4.78, 5) is 20.3. The summed E-state index contributed by atoms with van der Waals surface area (Å²) in [6.45, 7) is 13.6. The van der Waals surface area contributed by atoms with E-state index in [0.29, 0.717) is 33.8 Å². The number of para-hydroxylation sites is 1. The molecule has 1 aliphatic carbocycles. The molecule has 20 aromatic rings. The summed E-state index contributed by atoms with van der Waals surface area (Å²) in [6, 6.07) is 126. The zero-order chi connectivity index (χ0) is 72.4. The normalized spacial score (nSPS) is 12.6. The minimum Gasteiger partial charge on any atom is -0.457 e. The monoisotopic (exact) mass is 1390 g/mol. The highest BCUT2D eigenvalue weighted by Crippen LogP contribution is 2.56. The molecule has 0 saturated heterocycles. The van der Waals surface area contributed by atoms with Gasteiger partial charge in [0.2, 0.25) is 0 Å². The van der Waals surface area contributed by atoms with Gasteiger partial charge < -0.3 is 13.7 Å². The van der Waals surface area contributed by atoms with Crippen LogP contribution in [0.3, 0.4) is 0 Å². The minimum absolute atomic E-state index is 0.347. The number of rotatable bonds is 12. The summed E-state index contributed by atoms with van der Waals surface area (Å²) in [5.41, 5.74) is 22.0. The fourth-order valence-electron chi connectivity index (χ4n) is 17.5. The van der Waals surface area contributed by atoms with E-state index in [4.69, 9.17) is 25.4 Å². The van der Waals surface area contributed by atoms with Crippen LogP contribution in [0.25, 0.3) is 147 Å². The molecular weight excluding hydrogens is 1330 g/mol. The van der Waals surface area contributed by atoms with E-state index < -0.39 is 0 Å². The Labute approximate surface area is 629 Å². The molecule has 0 N–H and O–H groups in total.